The Kier molecular flexibility index (Phi) is 3.06. The number of nitrogens with zero attached hydrogens (tertiary/aromatic N) is 1. The molecule has 0 radical (unpaired) electrons. The second-order valence-electron chi connectivity index (χ2n) is 4.85. The number of fused-ring (bicyclic) bond motifs is 1. The number of carbonyl (C=O) groups is 1. The molecule has 4 heteroatoms. The molecule has 2 aromatic carbocycles. The van der Waals surface area contributed by atoms with Crippen molar-refractivity contribution in [2.45, 2.75) is 6.92 Å². The number of ether oxygens (including phenoxy) is 1. The molecule has 1 aliphatic rings. The molecule has 1 heterocycles. The highest BCUT2D eigenvalue weighted by Gasteiger charge is 2.25. The third kappa shape index (κ3) is 2.09. The normalized spacial score (nSPS) is 13.6. The molecule has 102 valence electrons. The lowest BCUT2D eigenvalue weighted by molar-refractivity contribution is 0.0976. The maximum atomic E-state index is 12.7. The summed E-state index contributed by atoms with van der Waals surface area (Å²) in [5, 5.41) is 0. The topological polar surface area (TPSA) is 55.6 Å². The van der Waals surface area contributed by atoms with Gasteiger partial charge in [-0.2, -0.15) is 0 Å². The van der Waals surface area contributed by atoms with E-state index in [1.165, 1.54) is 0 Å². The Balaban J connectivity index is 2.01. The van der Waals surface area contributed by atoms with E-state index in [1.807, 2.05) is 37.3 Å². The summed E-state index contributed by atoms with van der Waals surface area (Å²) in [5.41, 5.74) is 8.86. The van der Waals surface area contributed by atoms with Crippen molar-refractivity contribution >= 4 is 17.3 Å². The first-order valence-electron chi connectivity index (χ1n) is 6.56. The smallest absolute Gasteiger partial charge is 0.258 e. The SMILES string of the molecule is Cc1ccccc1C(=O)N1CCOc2cc(N)ccc21. The Labute approximate surface area is 117 Å². The average Bonchev–Trinajstić information content (AvgIpc) is 2.46. The minimum absolute atomic E-state index is 0.00239. The summed E-state index contributed by atoms with van der Waals surface area (Å²) in [5.74, 6) is 0.663. The lowest BCUT2D eigenvalue weighted by Gasteiger charge is -2.30. The van der Waals surface area contributed by atoms with E-state index in [2.05, 4.69) is 0 Å². The van der Waals surface area contributed by atoms with Crippen LogP contribution in [0.2, 0.25) is 0 Å². The lowest BCUT2D eigenvalue weighted by atomic mass is 10.1. The third-order valence-electron chi connectivity index (χ3n) is 3.47. The van der Waals surface area contributed by atoms with Crippen molar-refractivity contribution in [1.82, 2.24) is 0 Å². The first kappa shape index (κ1) is 12.5. The van der Waals surface area contributed by atoms with Gasteiger partial charge in [0.25, 0.3) is 5.91 Å². The van der Waals surface area contributed by atoms with Crippen molar-refractivity contribution in [2.75, 3.05) is 23.8 Å². The van der Waals surface area contributed by atoms with Gasteiger partial charge in [0.15, 0.2) is 0 Å². The van der Waals surface area contributed by atoms with E-state index >= 15 is 0 Å². The van der Waals surface area contributed by atoms with E-state index in [9.17, 15) is 4.79 Å². The first-order valence-corrected chi connectivity index (χ1v) is 6.56. The van der Waals surface area contributed by atoms with Gasteiger partial charge in [-0.3, -0.25) is 4.79 Å². The number of hydrogen-bond acceptors (Lipinski definition) is 3. The highest BCUT2D eigenvalue weighted by atomic mass is 16.5. The number of amides is 1. The van der Waals surface area contributed by atoms with Crippen LogP contribution in [0.15, 0.2) is 42.5 Å². The number of anilines is 2. The summed E-state index contributed by atoms with van der Waals surface area (Å²) in [6, 6.07) is 13.0. The van der Waals surface area contributed by atoms with Crippen molar-refractivity contribution < 1.29 is 9.53 Å². The molecule has 0 atom stereocenters. The maximum Gasteiger partial charge on any atom is 0.258 e. The summed E-state index contributed by atoms with van der Waals surface area (Å²) in [7, 11) is 0. The zero-order valence-corrected chi connectivity index (χ0v) is 11.3. The Hall–Kier alpha value is -2.49. The minimum atomic E-state index is -0.00239. The Morgan fingerprint density at radius 3 is 2.85 bits per heavy atom. The van der Waals surface area contributed by atoms with Crippen LogP contribution >= 0.6 is 0 Å². The van der Waals surface area contributed by atoms with Gasteiger partial charge in [-0.05, 0) is 30.7 Å². The summed E-state index contributed by atoms with van der Waals surface area (Å²) in [4.78, 5) is 14.5. The van der Waals surface area contributed by atoms with Gasteiger partial charge in [-0.1, -0.05) is 18.2 Å². The fraction of sp³-hybridized carbons (Fsp3) is 0.188. The molecule has 0 saturated heterocycles. The number of nitrogens with two attached hydrogens (primary N) is 1. The highest BCUT2D eigenvalue weighted by Crippen LogP contribution is 2.34. The fourth-order valence-electron chi connectivity index (χ4n) is 2.41. The van der Waals surface area contributed by atoms with E-state index in [1.54, 1.807) is 17.0 Å². The third-order valence-corrected chi connectivity index (χ3v) is 3.47. The molecule has 3 rings (SSSR count). The molecule has 1 aliphatic heterocycles. The van der Waals surface area contributed by atoms with Crippen LogP contribution in [0.4, 0.5) is 11.4 Å². The predicted molar refractivity (Wildman–Crippen MR) is 79.2 cm³/mol. The van der Waals surface area contributed by atoms with E-state index < -0.39 is 0 Å². The van der Waals surface area contributed by atoms with E-state index in [0.29, 0.717) is 24.6 Å². The molecule has 2 aromatic rings. The van der Waals surface area contributed by atoms with Crippen molar-refractivity contribution in [3.05, 3.63) is 53.6 Å². The molecular formula is C16H16N2O2. The zero-order chi connectivity index (χ0) is 14.1. The van der Waals surface area contributed by atoms with E-state index in [4.69, 9.17) is 10.5 Å². The molecular weight excluding hydrogens is 252 g/mol. The van der Waals surface area contributed by atoms with Gasteiger partial charge in [0.2, 0.25) is 0 Å². The average molecular weight is 268 g/mol. The lowest BCUT2D eigenvalue weighted by Crippen LogP contribution is -2.38. The number of carbonyl (C=O) groups excluding carboxylic acids is 1. The van der Waals surface area contributed by atoms with Crippen molar-refractivity contribution in [3.8, 4) is 5.75 Å². The monoisotopic (exact) mass is 268 g/mol. The van der Waals surface area contributed by atoms with Crippen LogP contribution in [0.5, 0.6) is 5.75 Å². The Morgan fingerprint density at radius 2 is 2.05 bits per heavy atom. The van der Waals surface area contributed by atoms with Gasteiger partial charge in [0.1, 0.15) is 12.4 Å². The van der Waals surface area contributed by atoms with E-state index in [0.717, 1.165) is 16.8 Å². The number of hydrogen-bond donors (Lipinski definition) is 1. The molecule has 0 saturated carbocycles. The number of benzene rings is 2. The van der Waals surface area contributed by atoms with Crippen molar-refractivity contribution in [3.63, 3.8) is 0 Å². The van der Waals surface area contributed by atoms with Gasteiger partial charge in [0, 0.05) is 17.3 Å². The first-order chi connectivity index (χ1) is 9.66. The molecule has 4 nitrogen and oxygen atoms in total. The molecule has 1 amide bonds. The maximum absolute atomic E-state index is 12.7. The van der Waals surface area contributed by atoms with Crippen molar-refractivity contribution in [1.29, 1.82) is 0 Å². The molecule has 0 bridgehead atoms. The van der Waals surface area contributed by atoms with Crippen LogP contribution in [0.1, 0.15) is 15.9 Å². The molecule has 0 aliphatic carbocycles. The van der Waals surface area contributed by atoms with Gasteiger partial charge < -0.3 is 15.4 Å². The number of nitrogen functional groups attached to an aromatic ring is 1. The summed E-state index contributed by atoms with van der Waals surface area (Å²) < 4.78 is 5.58. The zero-order valence-electron chi connectivity index (χ0n) is 11.3. The predicted octanol–water partition coefficient (Wildman–Crippen LogP) is 2.62. The summed E-state index contributed by atoms with van der Waals surface area (Å²) >= 11 is 0. The van der Waals surface area contributed by atoms with Gasteiger partial charge in [0.05, 0.1) is 12.2 Å². The summed E-state index contributed by atoms with van der Waals surface area (Å²) in [6.45, 7) is 2.97. The van der Waals surface area contributed by atoms with Crippen LogP contribution in [0.25, 0.3) is 0 Å². The second-order valence-corrected chi connectivity index (χ2v) is 4.85. The second kappa shape index (κ2) is 4.89. The molecule has 0 fully saturated rings. The standard InChI is InChI=1S/C16H16N2O2/c1-11-4-2-3-5-13(11)16(19)18-8-9-20-15-10-12(17)6-7-14(15)18/h2-7,10H,8-9,17H2,1H3. The molecule has 2 N–H and O–H groups in total. The Morgan fingerprint density at radius 1 is 1.25 bits per heavy atom. The van der Waals surface area contributed by atoms with Gasteiger partial charge in [-0.25, -0.2) is 0 Å². The fourth-order valence-corrected chi connectivity index (χ4v) is 2.41. The highest BCUT2D eigenvalue weighted by molar-refractivity contribution is 6.08. The van der Waals surface area contributed by atoms with Crippen LogP contribution in [0, 0.1) is 6.92 Å². The van der Waals surface area contributed by atoms with Gasteiger partial charge in [-0.15, -0.1) is 0 Å². The van der Waals surface area contributed by atoms with Crippen LogP contribution in [-0.2, 0) is 0 Å². The molecule has 0 aromatic heterocycles. The van der Waals surface area contributed by atoms with Gasteiger partial charge >= 0.3 is 0 Å². The minimum Gasteiger partial charge on any atom is -0.489 e. The summed E-state index contributed by atoms with van der Waals surface area (Å²) in [6.07, 6.45) is 0. The van der Waals surface area contributed by atoms with Crippen LogP contribution < -0.4 is 15.4 Å². The molecule has 20 heavy (non-hydrogen) atoms. The quantitative estimate of drug-likeness (QED) is 0.809. The molecule has 0 spiro atoms. The molecule has 0 unspecified atom stereocenters. The largest absolute Gasteiger partial charge is 0.489 e. The van der Waals surface area contributed by atoms with Crippen LogP contribution in [0.3, 0.4) is 0 Å². The van der Waals surface area contributed by atoms with E-state index in [-0.39, 0.29) is 5.91 Å². The number of rotatable bonds is 1. The van der Waals surface area contributed by atoms with Crippen LogP contribution in [-0.4, -0.2) is 19.1 Å². The van der Waals surface area contributed by atoms with Crippen molar-refractivity contribution in [2.24, 2.45) is 0 Å². The Bertz CT molecular complexity index is 667. The number of aryl methyl sites for hydroxylation is 1.